The number of rotatable bonds is 6. The Hall–Kier alpha value is -4.14. The number of carbonyl (C=O) groups is 2. The Kier molecular flexibility index (Phi) is 5.65. The van der Waals surface area contributed by atoms with E-state index in [1.807, 2.05) is 13.8 Å². The van der Waals surface area contributed by atoms with Crippen LogP contribution in [-0.2, 0) is 11.2 Å². The van der Waals surface area contributed by atoms with Crippen LogP contribution in [0.2, 0.25) is 0 Å². The molecule has 0 bridgehead atoms. The highest BCUT2D eigenvalue weighted by Crippen LogP contribution is 2.17. The minimum atomic E-state index is -0.298. The van der Waals surface area contributed by atoms with Gasteiger partial charge in [-0.2, -0.15) is 10.1 Å². The number of aromatic nitrogens is 5. The minimum absolute atomic E-state index is 0.153. The summed E-state index contributed by atoms with van der Waals surface area (Å²) in [6.45, 7) is 3.84. The summed E-state index contributed by atoms with van der Waals surface area (Å²) >= 11 is 0. The fraction of sp³-hybridized carbons (Fsp3) is 0.182. The molecule has 0 aliphatic rings. The molecule has 0 fully saturated rings. The van der Waals surface area contributed by atoms with Gasteiger partial charge in [0.05, 0.1) is 0 Å². The van der Waals surface area contributed by atoms with Crippen LogP contribution in [0.25, 0.3) is 5.78 Å². The summed E-state index contributed by atoms with van der Waals surface area (Å²) in [6.07, 6.45) is 3.86. The largest absolute Gasteiger partial charge is 0.326 e. The quantitative estimate of drug-likeness (QED) is 0.500. The fourth-order valence-electron chi connectivity index (χ4n) is 3.34. The highest BCUT2D eigenvalue weighted by Gasteiger charge is 2.13. The van der Waals surface area contributed by atoms with Crippen molar-refractivity contribution in [3.63, 3.8) is 0 Å². The van der Waals surface area contributed by atoms with Crippen molar-refractivity contribution in [2.45, 2.75) is 26.7 Å². The third-order valence-corrected chi connectivity index (χ3v) is 4.91. The Bertz CT molecular complexity index is 1250. The molecule has 0 saturated carbocycles. The molecular formula is C22H21N7O2. The fourth-order valence-corrected chi connectivity index (χ4v) is 3.34. The molecule has 0 atom stereocenters. The second-order valence-electron chi connectivity index (χ2n) is 7.03. The second kappa shape index (κ2) is 8.70. The van der Waals surface area contributed by atoms with Crippen molar-refractivity contribution in [1.29, 1.82) is 0 Å². The van der Waals surface area contributed by atoms with Crippen molar-refractivity contribution in [2.24, 2.45) is 0 Å². The molecule has 3 aromatic heterocycles. The molecule has 2 N–H and O–H groups in total. The highest BCUT2D eigenvalue weighted by molar-refractivity contribution is 6.04. The SMILES string of the molecule is Cc1nc2ncnn2c(C)c1CCC(=O)Nc1cccc(C(=O)Nc2ccccn2)c1. The van der Waals surface area contributed by atoms with E-state index in [1.54, 1.807) is 53.2 Å². The number of nitrogens with zero attached hydrogens (tertiary/aromatic N) is 5. The van der Waals surface area contributed by atoms with E-state index in [0.717, 1.165) is 17.0 Å². The van der Waals surface area contributed by atoms with Gasteiger partial charge < -0.3 is 10.6 Å². The van der Waals surface area contributed by atoms with Crippen LogP contribution in [0.1, 0.15) is 33.7 Å². The molecule has 9 heteroatoms. The van der Waals surface area contributed by atoms with Crippen molar-refractivity contribution < 1.29 is 9.59 Å². The van der Waals surface area contributed by atoms with Gasteiger partial charge in [-0.05, 0) is 56.2 Å². The first kappa shape index (κ1) is 20.1. The summed E-state index contributed by atoms with van der Waals surface area (Å²) in [6, 6.07) is 12.1. The van der Waals surface area contributed by atoms with E-state index in [1.165, 1.54) is 6.33 Å². The van der Waals surface area contributed by atoms with Gasteiger partial charge in [-0.1, -0.05) is 12.1 Å². The average molecular weight is 415 g/mol. The zero-order valence-electron chi connectivity index (χ0n) is 17.2. The first-order chi connectivity index (χ1) is 15.0. The van der Waals surface area contributed by atoms with Gasteiger partial charge in [0.25, 0.3) is 11.7 Å². The number of benzene rings is 1. The van der Waals surface area contributed by atoms with E-state index in [2.05, 4.69) is 30.7 Å². The summed E-state index contributed by atoms with van der Waals surface area (Å²) < 4.78 is 1.67. The molecule has 0 aliphatic carbocycles. The van der Waals surface area contributed by atoms with Crippen LogP contribution >= 0.6 is 0 Å². The molecule has 4 aromatic rings. The maximum absolute atomic E-state index is 12.5. The molecule has 31 heavy (non-hydrogen) atoms. The molecule has 3 heterocycles. The summed E-state index contributed by atoms with van der Waals surface area (Å²) in [7, 11) is 0. The van der Waals surface area contributed by atoms with Gasteiger partial charge in [0.2, 0.25) is 5.91 Å². The number of fused-ring (bicyclic) bond motifs is 1. The Morgan fingerprint density at radius 1 is 1.03 bits per heavy atom. The Balaban J connectivity index is 1.40. The summed E-state index contributed by atoms with van der Waals surface area (Å²) in [5.41, 5.74) is 3.70. The molecule has 156 valence electrons. The maximum Gasteiger partial charge on any atom is 0.256 e. The molecule has 9 nitrogen and oxygen atoms in total. The zero-order valence-corrected chi connectivity index (χ0v) is 17.2. The molecule has 0 radical (unpaired) electrons. The standard InChI is InChI=1S/C22H21N7O2/c1-14-18(15(2)29-22(26-14)24-13-25-29)9-10-20(30)27-17-7-5-6-16(12-17)21(31)28-19-8-3-4-11-23-19/h3-8,11-13H,9-10H2,1-2H3,(H,27,30)(H,23,28,31). The van der Waals surface area contributed by atoms with Crippen molar-refractivity contribution in [1.82, 2.24) is 24.6 Å². The number of pyridine rings is 1. The zero-order chi connectivity index (χ0) is 21.8. The predicted octanol–water partition coefficient (Wildman–Crippen LogP) is 2.96. The van der Waals surface area contributed by atoms with Crippen molar-refractivity contribution in [2.75, 3.05) is 10.6 Å². The van der Waals surface area contributed by atoms with Gasteiger partial charge in [-0.15, -0.1) is 0 Å². The molecule has 2 amide bonds. The molecule has 4 rings (SSSR count). The maximum atomic E-state index is 12.5. The number of nitrogens with one attached hydrogen (secondary N) is 2. The van der Waals surface area contributed by atoms with E-state index in [0.29, 0.717) is 29.3 Å². The van der Waals surface area contributed by atoms with E-state index in [4.69, 9.17) is 0 Å². The van der Waals surface area contributed by atoms with E-state index in [9.17, 15) is 9.59 Å². The van der Waals surface area contributed by atoms with Gasteiger partial charge >= 0.3 is 0 Å². The number of aryl methyl sites for hydroxylation is 2. The van der Waals surface area contributed by atoms with Gasteiger partial charge in [-0.3, -0.25) is 9.59 Å². The third-order valence-electron chi connectivity index (χ3n) is 4.91. The average Bonchev–Trinajstić information content (AvgIpc) is 3.23. The highest BCUT2D eigenvalue weighted by atomic mass is 16.2. The number of carbonyl (C=O) groups excluding carboxylic acids is 2. The predicted molar refractivity (Wildman–Crippen MR) is 116 cm³/mol. The molecule has 0 unspecified atom stereocenters. The summed E-state index contributed by atoms with van der Waals surface area (Å²) in [4.78, 5) is 37.6. The number of anilines is 2. The lowest BCUT2D eigenvalue weighted by Crippen LogP contribution is -2.16. The van der Waals surface area contributed by atoms with E-state index >= 15 is 0 Å². The third kappa shape index (κ3) is 4.55. The first-order valence-corrected chi connectivity index (χ1v) is 9.79. The summed E-state index contributed by atoms with van der Waals surface area (Å²) in [5, 5.41) is 9.75. The Morgan fingerprint density at radius 2 is 1.90 bits per heavy atom. The molecule has 0 saturated heterocycles. The molecule has 0 aliphatic heterocycles. The van der Waals surface area contributed by atoms with Crippen molar-refractivity contribution >= 4 is 29.1 Å². The topological polar surface area (TPSA) is 114 Å². The normalized spacial score (nSPS) is 10.8. The number of amides is 2. The molecule has 0 spiro atoms. The van der Waals surface area contributed by atoms with Crippen LogP contribution < -0.4 is 10.6 Å². The van der Waals surface area contributed by atoms with Gasteiger partial charge in [0.1, 0.15) is 12.1 Å². The minimum Gasteiger partial charge on any atom is -0.326 e. The molecular weight excluding hydrogens is 394 g/mol. The van der Waals surface area contributed by atoms with Crippen molar-refractivity contribution in [3.8, 4) is 0 Å². The van der Waals surface area contributed by atoms with Crippen LogP contribution in [0.15, 0.2) is 55.0 Å². The van der Waals surface area contributed by atoms with Crippen molar-refractivity contribution in [3.05, 3.63) is 77.5 Å². The summed E-state index contributed by atoms with van der Waals surface area (Å²) in [5.74, 6) is 0.558. The first-order valence-electron chi connectivity index (χ1n) is 9.79. The van der Waals surface area contributed by atoms with Crippen LogP contribution in [0.3, 0.4) is 0 Å². The Labute approximate surface area is 178 Å². The smallest absolute Gasteiger partial charge is 0.256 e. The Morgan fingerprint density at radius 3 is 2.71 bits per heavy atom. The van der Waals surface area contributed by atoms with Gasteiger partial charge in [0, 0.05) is 35.3 Å². The van der Waals surface area contributed by atoms with E-state index in [-0.39, 0.29) is 18.2 Å². The van der Waals surface area contributed by atoms with Crippen LogP contribution in [0.4, 0.5) is 11.5 Å². The second-order valence-corrected chi connectivity index (χ2v) is 7.03. The van der Waals surface area contributed by atoms with Crippen LogP contribution in [0, 0.1) is 13.8 Å². The van der Waals surface area contributed by atoms with E-state index < -0.39 is 0 Å². The van der Waals surface area contributed by atoms with Gasteiger partial charge in [-0.25, -0.2) is 14.5 Å². The lowest BCUT2D eigenvalue weighted by Gasteiger charge is -2.11. The lowest BCUT2D eigenvalue weighted by atomic mass is 10.1. The van der Waals surface area contributed by atoms with Crippen LogP contribution in [-0.4, -0.2) is 36.4 Å². The number of hydrogen-bond donors (Lipinski definition) is 2. The molecule has 1 aromatic carbocycles. The monoisotopic (exact) mass is 415 g/mol. The number of hydrogen-bond acceptors (Lipinski definition) is 6. The van der Waals surface area contributed by atoms with Crippen LogP contribution in [0.5, 0.6) is 0 Å². The lowest BCUT2D eigenvalue weighted by molar-refractivity contribution is -0.116. The van der Waals surface area contributed by atoms with Gasteiger partial charge in [0.15, 0.2) is 0 Å².